The van der Waals surface area contributed by atoms with Gasteiger partial charge in [0.1, 0.15) is 14.2 Å². The van der Waals surface area contributed by atoms with Gasteiger partial charge in [0.25, 0.3) is 5.69 Å². The van der Waals surface area contributed by atoms with Crippen molar-refractivity contribution in [1.29, 1.82) is 0 Å². The van der Waals surface area contributed by atoms with Crippen LogP contribution in [-0.2, 0) is 4.74 Å². The molecule has 0 amide bonds. The first-order valence-corrected chi connectivity index (χ1v) is 11.2. The lowest BCUT2D eigenvalue weighted by Crippen LogP contribution is -2.53. The fourth-order valence-corrected chi connectivity index (χ4v) is 8.40. The van der Waals surface area contributed by atoms with Gasteiger partial charge in [0, 0.05) is 12.1 Å². The van der Waals surface area contributed by atoms with E-state index in [1.54, 1.807) is 0 Å². The predicted octanol–water partition coefficient (Wildman–Crippen LogP) is 4.39. The van der Waals surface area contributed by atoms with Gasteiger partial charge in [-0.2, -0.15) is 0 Å². The van der Waals surface area contributed by atoms with Gasteiger partial charge in [-0.25, -0.2) is 4.79 Å². The molecule has 6 heteroatoms. The van der Waals surface area contributed by atoms with E-state index in [-0.39, 0.29) is 16.8 Å². The molecule has 0 bridgehead atoms. The third-order valence-corrected chi connectivity index (χ3v) is 11.2. The molecule has 1 heterocycles. The van der Waals surface area contributed by atoms with Crippen molar-refractivity contribution in [3.63, 3.8) is 0 Å². The van der Waals surface area contributed by atoms with Crippen molar-refractivity contribution in [3.8, 4) is 0 Å². The van der Waals surface area contributed by atoms with E-state index in [4.69, 9.17) is 4.74 Å². The quantitative estimate of drug-likeness (QED) is 0.341. The molecule has 0 saturated carbocycles. The highest BCUT2D eigenvalue weighted by molar-refractivity contribution is 6.98. The summed E-state index contributed by atoms with van der Waals surface area (Å²) in [5.41, 5.74) is 2.56. The Morgan fingerprint density at radius 2 is 1.74 bits per heavy atom. The summed E-state index contributed by atoms with van der Waals surface area (Å²) in [5, 5.41) is 12.2. The molecular formula is C21H23NO4Si. The fourth-order valence-electron chi connectivity index (χ4n) is 3.67. The summed E-state index contributed by atoms with van der Waals surface area (Å²) in [6.07, 6.45) is 1.73. The van der Waals surface area contributed by atoms with Crippen molar-refractivity contribution in [2.24, 2.45) is 0 Å². The highest BCUT2D eigenvalue weighted by atomic mass is 28.3. The summed E-state index contributed by atoms with van der Waals surface area (Å²) in [4.78, 5) is 22.7. The maximum Gasteiger partial charge on any atom is 0.338 e. The van der Waals surface area contributed by atoms with E-state index in [1.807, 2.05) is 12.1 Å². The number of rotatable bonds is 4. The van der Waals surface area contributed by atoms with Crippen LogP contribution in [0.25, 0.3) is 0 Å². The lowest BCUT2D eigenvalue weighted by Gasteiger charge is -2.39. The molecule has 0 saturated heterocycles. The van der Waals surface area contributed by atoms with Crippen LogP contribution in [0.5, 0.6) is 0 Å². The number of benzene rings is 2. The van der Waals surface area contributed by atoms with E-state index < -0.39 is 19.0 Å². The van der Waals surface area contributed by atoms with Gasteiger partial charge in [0.05, 0.1) is 10.5 Å². The Hall–Kier alpha value is -2.73. The molecule has 2 aromatic rings. The second-order valence-corrected chi connectivity index (χ2v) is 12.7. The van der Waals surface area contributed by atoms with Crippen LogP contribution in [0.2, 0.25) is 11.1 Å². The SMILES string of the molecule is CC(C)(C)[Si@@]1(c2ccccc2)C=C[C@@H](OC(=O)c2ccc([N+](=O)[O-])cc2)C1. The number of hydrogen-bond acceptors (Lipinski definition) is 4. The normalized spacial score (nSPS) is 21.8. The van der Waals surface area contributed by atoms with Crippen LogP contribution in [0.1, 0.15) is 31.1 Å². The Balaban J connectivity index is 1.77. The van der Waals surface area contributed by atoms with Gasteiger partial charge >= 0.3 is 5.97 Å². The smallest absolute Gasteiger partial charge is 0.338 e. The van der Waals surface area contributed by atoms with E-state index in [0.717, 1.165) is 6.04 Å². The molecule has 0 fully saturated rings. The minimum absolute atomic E-state index is 0.0458. The van der Waals surface area contributed by atoms with Crippen LogP contribution in [0.3, 0.4) is 0 Å². The van der Waals surface area contributed by atoms with Gasteiger partial charge in [0.2, 0.25) is 0 Å². The molecule has 140 valence electrons. The van der Waals surface area contributed by atoms with Crippen molar-refractivity contribution in [3.05, 3.63) is 82.1 Å². The van der Waals surface area contributed by atoms with E-state index in [9.17, 15) is 14.9 Å². The molecule has 2 atom stereocenters. The van der Waals surface area contributed by atoms with Gasteiger partial charge in [-0.1, -0.05) is 68.1 Å². The van der Waals surface area contributed by atoms with Gasteiger partial charge in [-0.15, -0.1) is 0 Å². The van der Waals surface area contributed by atoms with Crippen molar-refractivity contribution >= 4 is 24.9 Å². The lowest BCUT2D eigenvalue weighted by atomic mass is 10.2. The number of esters is 1. The van der Waals surface area contributed by atoms with Gasteiger partial charge < -0.3 is 4.74 Å². The largest absolute Gasteiger partial charge is 0.455 e. The summed E-state index contributed by atoms with van der Waals surface area (Å²) in [7, 11) is -2.01. The first-order chi connectivity index (χ1) is 12.7. The van der Waals surface area contributed by atoms with E-state index in [2.05, 4.69) is 50.7 Å². The summed E-state index contributed by atoms with van der Waals surface area (Å²) in [5.74, 6) is -0.452. The van der Waals surface area contributed by atoms with Crippen molar-refractivity contribution < 1.29 is 14.5 Å². The number of non-ortho nitro benzene ring substituents is 1. The summed E-state index contributed by atoms with van der Waals surface area (Å²) in [6, 6.07) is 16.8. The monoisotopic (exact) mass is 381 g/mol. The average molecular weight is 382 g/mol. The Morgan fingerprint density at radius 1 is 1.11 bits per heavy atom. The average Bonchev–Trinajstić information content (AvgIpc) is 3.07. The van der Waals surface area contributed by atoms with Crippen LogP contribution >= 0.6 is 0 Å². The lowest BCUT2D eigenvalue weighted by molar-refractivity contribution is -0.384. The Labute approximate surface area is 159 Å². The molecule has 2 aromatic carbocycles. The van der Waals surface area contributed by atoms with Gasteiger partial charge in [-0.05, 0) is 23.2 Å². The zero-order valence-electron chi connectivity index (χ0n) is 15.7. The van der Waals surface area contributed by atoms with E-state index in [0.29, 0.717) is 5.56 Å². The molecule has 1 aliphatic heterocycles. The van der Waals surface area contributed by atoms with Crippen LogP contribution in [0.4, 0.5) is 5.69 Å². The fraction of sp³-hybridized carbons (Fsp3) is 0.286. The molecule has 1 aliphatic rings. The third kappa shape index (κ3) is 3.71. The molecular weight excluding hydrogens is 358 g/mol. The molecule has 0 aliphatic carbocycles. The number of nitro benzene ring substituents is 1. The zero-order chi connectivity index (χ0) is 19.7. The van der Waals surface area contributed by atoms with Crippen molar-refractivity contribution in [2.75, 3.05) is 0 Å². The standard InChI is InChI=1S/C21H23NO4Si/c1-21(2,3)27(19-7-5-4-6-8-19)14-13-18(15-27)26-20(23)16-9-11-17(12-10-16)22(24)25/h4-14,18H,15H2,1-3H3/t18-,27+/m1/s1. The predicted molar refractivity (Wildman–Crippen MR) is 108 cm³/mol. The number of nitro groups is 1. The molecule has 0 N–H and O–H groups in total. The maximum absolute atomic E-state index is 12.5. The topological polar surface area (TPSA) is 69.4 Å². The second kappa shape index (κ2) is 7.11. The maximum atomic E-state index is 12.5. The van der Waals surface area contributed by atoms with Crippen LogP contribution in [0, 0.1) is 10.1 Å². The van der Waals surface area contributed by atoms with Gasteiger partial charge in [-0.3, -0.25) is 10.1 Å². The molecule has 0 radical (unpaired) electrons. The summed E-state index contributed by atoms with van der Waals surface area (Å²) < 4.78 is 5.71. The molecule has 5 nitrogen and oxygen atoms in total. The number of nitrogens with zero attached hydrogens (tertiary/aromatic N) is 1. The van der Waals surface area contributed by atoms with Crippen LogP contribution in [-0.4, -0.2) is 25.1 Å². The molecule has 3 rings (SSSR count). The number of ether oxygens (including phenoxy) is 1. The number of carbonyl (C=O) groups is 1. The first-order valence-electron chi connectivity index (χ1n) is 8.93. The van der Waals surface area contributed by atoms with Crippen molar-refractivity contribution in [2.45, 2.75) is 38.0 Å². The summed E-state index contributed by atoms with van der Waals surface area (Å²) >= 11 is 0. The third-order valence-electron chi connectivity index (χ3n) is 5.32. The van der Waals surface area contributed by atoms with Crippen molar-refractivity contribution in [1.82, 2.24) is 0 Å². The minimum atomic E-state index is -2.01. The highest BCUT2D eigenvalue weighted by Crippen LogP contribution is 2.44. The summed E-state index contributed by atoms with van der Waals surface area (Å²) in [6.45, 7) is 6.74. The minimum Gasteiger partial charge on any atom is -0.455 e. The number of hydrogen-bond donors (Lipinski definition) is 0. The highest BCUT2D eigenvalue weighted by Gasteiger charge is 2.48. The molecule has 0 spiro atoms. The molecule has 27 heavy (non-hydrogen) atoms. The van der Waals surface area contributed by atoms with Gasteiger partial charge in [0.15, 0.2) is 0 Å². The zero-order valence-corrected chi connectivity index (χ0v) is 16.7. The Bertz CT molecular complexity index is 871. The Kier molecular flexibility index (Phi) is 5.02. The van der Waals surface area contributed by atoms with Crippen LogP contribution < -0.4 is 5.19 Å². The van der Waals surface area contributed by atoms with E-state index in [1.165, 1.54) is 29.5 Å². The van der Waals surface area contributed by atoms with E-state index >= 15 is 0 Å². The number of carbonyl (C=O) groups excluding carboxylic acids is 1. The Morgan fingerprint density at radius 3 is 2.30 bits per heavy atom. The first kappa shape index (κ1) is 19.0. The second-order valence-electron chi connectivity index (χ2n) is 7.90. The molecule has 0 unspecified atom stereocenters. The molecule has 0 aromatic heterocycles. The van der Waals surface area contributed by atoms with Crippen LogP contribution in [0.15, 0.2) is 66.4 Å².